The SMILES string of the molecule is C[C@H]1CN(C(=O)Cn2cc(SCC(=O)NCc3ccco3)c3ccccc32)C[C@H](C)O1. The molecule has 0 bridgehead atoms. The summed E-state index contributed by atoms with van der Waals surface area (Å²) >= 11 is 1.47. The molecule has 2 atom stereocenters. The molecule has 1 aliphatic rings. The predicted molar refractivity (Wildman–Crippen MR) is 120 cm³/mol. The topological polar surface area (TPSA) is 76.7 Å². The Bertz CT molecular complexity index is 1040. The zero-order valence-corrected chi connectivity index (χ0v) is 18.6. The molecule has 3 aromatic rings. The van der Waals surface area contributed by atoms with Gasteiger partial charge in [-0.1, -0.05) is 18.2 Å². The zero-order valence-electron chi connectivity index (χ0n) is 17.7. The summed E-state index contributed by atoms with van der Waals surface area (Å²) < 4.78 is 13.0. The highest BCUT2D eigenvalue weighted by Crippen LogP contribution is 2.30. The Balaban J connectivity index is 1.42. The lowest BCUT2D eigenvalue weighted by molar-refractivity contribution is -0.143. The molecule has 3 heterocycles. The molecule has 1 saturated heterocycles. The number of rotatable bonds is 7. The molecule has 0 saturated carbocycles. The van der Waals surface area contributed by atoms with Gasteiger partial charge in [0.05, 0.1) is 30.8 Å². The molecule has 1 N–H and O–H groups in total. The van der Waals surface area contributed by atoms with Gasteiger partial charge in [0.15, 0.2) is 0 Å². The molecule has 7 nitrogen and oxygen atoms in total. The first-order chi connectivity index (χ1) is 15.0. The Morgan fingerprint density at radius 1 is 1.13 bits per heavy atom. The van der Waals surface area contributed by atoms with Gasteiger partial charge in [0.2, 0.25) is 11.8 Å². The number of amides is 2. The molecule has 0 spiro atoms. The third-order valence-electron chi connectivity index (χ3n) is 5.23. The molecule has 0 aliphatic carbocycles. The summed E-state index contributed by atoms with van der Waals surface area (Å²) in [5.74, 6) is 1.03. The third kappa shape index (κ3) is 5.32. The smallest absolute Gasteiger partial charge is 0.242 e. The van der Waals surface area contributed by atoms with Crippen LogP contribution in [0.25, 0.3) is 10.9 Å². The van der Waals surface area contributed by atoms with Crippen LogP contribution in [0.1, 0.15) is 19.6 Å². The number of carbonyl (C=O) groups is 2. The molecule has 2 amide bonds. The number of nitrogens with one attached hydrogen (secondary N) is 1. The summed E-state index contributed by atoms with van der Waals surface area (Å²) in [5, 5.41) is 3.90. The van der Waals surface area contributed by atoms with E-state index in [4.69, 9.17) is 9.15 Å². The number of hydrogen-bond acceptors (Lipinski definition) is 5. The minimum Gasteiger partial charge on any atom is -0.467 e. The molecular weight excluding hydrogens is 414 g/mol. The van der Waals surface area contributed by atoms with Gasteiger partial charge < -0.3 is 23.9 Å². The third-order valence-corrected chi connectivity index (χ3v) is 6.27. The number of ether oxygens (including phenoxy) is 1. The number of aromatic nitrogens is 1. The molecule has 2 aromatic heterocycles. The van der Waals surface area contributed by atoms with Gasteiger partial charge in [-0.25, -0.2) is 0 Å². The van der Waals surface area contributed by atoms with Crippen molar-refractivity contribution in [3.63, 3.8) is 0 Å². The summed E-state index contributed by atoms with van der Waals surface area (Å²) in [6.45, 7) is 5.85. The van der Waals surface area contributed by atoms with E-state index in [-0.39, 0.29) is 30.6 Å². The van der Waals surface area contributed by atoms with E-state index in [1.54, 1.807) is 12.3 Å². The Kier molecular flexibility index (Phi) is 6.67. The fraction of sp³-hybridized carbons (Fsp3) is 0.391. The average molecular weight is 442 g/mol. The molecule has 4 rings (SSSR count). The van der Waals surface area contributed by atoms with Crippen LogP contribution in [0.4, 0.5) is 0 Å². The minimum absolute atomic E-state index is 0.0416. The van der Waals surface area contributed by atoms with Crippen molar-refractivity contribution >= 4 is 34.5 Å². The van der Waals surface area contributed by atoms with Crippen molar-refractivity contribution in [2.24, 2.45) is 0 Å². The van der Waals surface area contributed by atoms with E-state index in [1.807, 2.05) is 59.8 Å². The average Bonchev–Trinajstić information content (AvgIpc) is 3.38. The Morgan fingerprint density at radius 3 is 2.65 bits per heavy atom. The van der Waals surface area contributed by atoms with E-state index < -0.39 is 0 Å². The Labute approximate surface area is 185 Å². The molecule has 31 heavy (non-hydrogen) atoms. The number of hydrogen-bond donors (Lipinski definition) is 1. The quantitative estimate of drug-likeness (QED) is 0.570. The van der Waals surface area contributed by atoms with Crippen LogP contribution < -0.4 is 5.32 Å². The van der Waals surface area contributed by atoms with Crippen LogP contribution in [0.15, 0.2) is 58.2 Å². The van der Waals surface area contributed by atoms with Gasteiger partial charge >= 0.3 is 0 Å². The van der Waals surface area contributed by atoms with Crippen molar-refractivity contribution in [2.45, 2.75) is 44.0 Å². The maximum absolute atomic E-state index is 12.9. The number of para-hydroxylation sites is 1. The van der Waals surface area contributed by atoms with Crippen molar-refractivity contribution in [2.75, 3.05) is 18.8 Å². The lowest BCUT2D eigenvalue weighted by atomic mass is 10.2. The molecule has 164 valence electrons. The van der Waals surface area contributed by atoms with E-state index >= 15 is 0 Å². The van der Waals surface area contributed by atoms with Gasteiger partial charge in [-0.15, -0.1) is 11.8 Å². The van der Waals surface area contributed by atoms with Crippen LogP contribution in [0.5, 0.6) is 0 Å². The largest absolute Gasteiger partial charge is 0.467 e. The van der Waals surface area contributed by atoms with E-state index in [1.165, 1.54) is 11.8 Å². The predicted octanol–water partition coefficient (Wildman–Crippen LogP) is 3.28. The Morgan fingerprint density at radius 2 is 1.90 bits per heavy atom. The highest BCUT2D eigenvalue weighted by Gasteiger charge is 2.26. The van der Waals surface area contributed by atoms with Crippen LogP contribution >= 0.6 is 11.8 Å². The lowest BCUT2D eigenvalue weighted by Gasteiger charge is -2.35. The second-order valence-corrected chi connectivity index (χ2v) is 8.86. The zero-order chi connectivity index (χ0) is 21.8. The number of furan rings is 1. The number of nitrogens with zero attached hydrogens (tertiary/aromatic N) is 2. The lowest BCUT2D eigenvalue weighted by Crippen LogP contribution is -2.49. The van der Waals surface area contributed by atoms with E-state index in [9.17, 15) is 9.59 Å². The Hall–Kier alpha value is -2.71. The minimum atomic E-state index is -0.0643. The monoisotopic (exact) mass is 441 g/mol. The second-order valence-electron chi connectivity index (χ2n) is 7.84. The number of morpholine rings is 1. The fourth-order valence-electron chi connectivity index (χ4n) is 3.88. The van der Waals surface area contributed by atoms with Gasteiger partial charge in [0.1, 0.15) is 12.3 Å². The maximum Gasteiger partial charge on any atom is 0.242 e. The first-order valence-electron chi connectivity index (χ1n) is 10.4. The van der Waals surface area contributed by atoms with Gasteiger partial charge in [-0.05, 0) is 32.0 Å². The van der Waals surface area contributed by atoms with E-state index in [0.717, 1.165) is 21.6 Å². The van der Waals surface area contributed by atoms with Crippen LogP contribution in [0, 0.1) is 0 Å². The van der Waals surface area contributed by atoms with Gasteiger partial charge in [-0.3, -0.25) is 9.59 Å². The maximum atomic E-state index is 12.9. The summed E-state index contributed by atoms with van der Waals surface area (Å²) in [4.78, 5) is 28.1. The molecule has 1 aliphatic heterocycles. The van der Waals surface area contributed by atoms with Crippen LogP contribution in [-0.4, -0.2) is 52.3 Å². The number of thioether (sulfide) groups is 1. The summed E-state index contributed by atoms with van der Waals surface area (Å²) in [5.41, 5.74) is 0.990. The van der Waals surface area contributed by atoms with Crippen molar-refractivity contribution in [3.8, 4) is 0 Å². The van der Waals surface area contributed by atoms with Crippen LogP contribution in [0.2, 0.25) is 0 Å². The van der Waals surface area contributed by atoms with Crippen molar-refractivity contribution in [3.05, 3.63) is 54.6 Å². The van der Waals surface area contributed by atoms with Gasteiger partial charge in [-0.2, -0.15) is 0 Å². The molecule has 0 radical (unpaired) electrons. The number of benzene rings is 1. The van der Waals surface area contributed by atoms with Gasteiger partial charge in [0.25, 0.3) is 0 Å². The normalized spacial score (nSPS) is 19.0. The first kappa shape index (κ1) is 21.5. The number of carbonyl (C=O) groups excluding carboxylic acids is 2. The summed E-state index contributed by atoms with van der Waals surface area (Å²) in [6, 6.07) is 11.6. The molecule has 1 fully saturated rings. The van der Waals surface area contributed by atoms with Crippen LogP contribution in [0.3, 0.4) is 0 Å². The fourth-order valence-corrected chi connectivity index (χ4v) is 4.80. The van der Waals surface area contributed by atoms with Gasteiger partial charge in [0, 0.05) is 35.1 Å². The number of fused-ring (bicyclic) bond motifs is 1. The standard InChI is InChI=1S/C23H27N3O4S/c1-16-11-26(12-17(2)30-16)23(28)14-25-13-21(19-7-3-4-8-20(19)25)31-15-22(27)24-10-18-6-5-9-29-18/h3-9,13,16-17H,10-12,14-15H2,1-2H3,(H,24,27)/t16-,17-/m0/s1. The molecule has 0 unspecified atom stereocenters. The summed E-state index contributed by atoms with van der Waals surface area (Å²) in [7, 11) is 0. The van der Waals surface area contributed by atoms with Crippen LogP contribution in [-0.2, 0) is 27.4 Å². The molecule has 8 heteroatoms. The molecule has 1 aromatic carbocycles. The first-order valence-corrected chi connectivity index (χ1v) is 11.4. The highest BCUT2D eigenvalue weighted by molar-refractivity contribution is 8.00. The second kappa shape index (κ2) is 9.62. The van der Waals surface area contributed by atoms with E-state index in [0.29, 0.717) is 25.4 Å². The van der Waals surface area contributed by atoms with E-state index in [2.05, 4.69) is 5.32 Å². The molecular formula is C23H27N3O4S. The summed E-state index contributed by atoms with van der Waals surface area (Å²) in [6.07, 6.45) is 3.64. The van der Waals surface area contributed by atoms with Crippen molar-refractivity contribution in [1.29, 1.82) is 0 Å². The van der Waals surface area contributed by atoms with Crippen molar-refractivity contribution < 1.29 is 18.7 Å². The van der Waals surface area contributed by atoms with Crippen molar-refractivity contribution in [1.82, 2.24) is 14.8 Å². The highest BCUT2D eigenvalue weighted by atomic mass is 32.2.